The molecule has 0 saturated carbocycles. The molecule has 0 bridgehead atoms. The van der Waals surface area contributed by atoms with Gasteiger partial charge < -0.3 is 9.47 Å². The fourth-order valence-corrected chi connectivity index (χ4v) is 4.46. The van der Waals surface area contributed by atoms with Crippen molar-refractivity contribution < 1.29 is 9.47 Å². The Bertz CT molecular complexity index is 1570. The minimum atomic E-state index is -0.195. The van der Waals surface area contributed by atoms with Gasteiger partial charge in [0.05, 0.1) is 11.1 Å². The van der Waals surface area contributed by atoms with Crippen LogP contribution in [0, 0.1) is 0 Å². The molecular formula is C28H23N3O3S. The highest BCUT2D eigenvalue weighted by Crippen LogP contribution is 2.29. The van der Waals surface area contributed by atoms with E-state index in [1.165, 1.54) is 15.9 Å². The van der Waals surface area contributed by atoms with Crippen molar-refractivity contribution in [3.8, 4) is 11.5 Å². The van der Waals surface area contributed by atoms with E-state index in [0.29, 0.717) is 40.0 Å². The van der Waals surface area contributed by atoms with Crippen molar-refractivity contribution >= 4 is 34.5 Å². The van der Waals surface area contributed by atoms with Crippen molar-refractivity contribution in [2.24, 2.45) is 0 Å². The highest BCUT2D eigenvalue weighted by atomic mass is 32.1. The maximum absolute atomic E-state index is 12.9. The van der Waals surface area contributed by atoms with Crippen molar-refractivity contribution in [1.29, 1.82) is 0 Å². The Hall–Kier alpha value is -4.23. The SMILES string of the molecule is CCOc1cc(C=c2sc3nc(C=Cc4ccccc4)nn3c2=O)ccc1OCc1ccccc1. The maximum atomic E-state index is 12.9. The molecule has 0 saturated heterocycles. The summed E-state index contributed by atoms with van der Waals surface area (Å²) in [5.41, 5.74) is 2.77. The molecule has 0 unspecified atom stereocenters. The molecule has 0 aliphatic carbocycles. The van der Waals surface area contributed by atoms with Crippen molar-refractivity contribution in [3.05, 3.63) is 116 Å². The van der Waals surface area contributed by atoms with Crippen LogP contribution < -0.4 is 19.6 Å². The zero-order chi connectivity index (χ0) is 24.0. The van der Waals surface area contributed by atoms with E-state index in [-0.39, 0.29) is 5.56 Å². The molecule has 35 heavy (non-hydrogen) atoms. The quantitative estimate of drug-likeness (QED) is 0.317. The first-order valence-electron chi connectivity index (χ1n) is 11.3. The van der Waals surface area contributed by atoms with E-state index >= 15 is 0 Å². The summed E-state index contributed by atoms with van der Waals surface area (Å²) >= 11 is 1.31. The van der Waals surface area contributed by atoms with E-state index in [4.69, 9.17) is 9.47 Å². The summed E-state index contributed by atoms with van der Waals surface area (Å²) in [6, 6.07) is 25.5. The van der Waals surface area contributed by atoms with Gasteiger partial charge in [-0.25, -0.2) is 0 Å². The van der Waals surface area contributed by atoms with E-state index in [2.05, 4.69) is 10.1 Å². The van der Waals surface area contributed by atoms with Gasteiger partial charge in [-0.1, -0.05) is 84.1 Å². The number of ether oxygens (including phenoxy) is 2. The summed E-state index contributed by atoms with van der Waals surface area (Å²) in [6.45, 7) is 2.88. The predicted molar refractivity (Wildman–Crippen MR) is 140 cm³/mol. The lowest BCUT2D eigenvalue weighted by molar-refractivity contribution is 0.269. The average Bonchev–Trinajstić information content (AvgIpc) is 3.42. The first-order chi connectivity index (χ1) is 17.2. The monoisotopic (exact) mass is 481 g/mol. The molecule has 5 rings (SSSR count). The Kier molecular flexibility index (Phi) is 6.68. The molecule has 0 amide bonds. The Morgan fingerprint density at radius 2 is 1.66 bits per heavy atom. The first kappa shape index (κ1) is 22.6. The fraction of sp³-hybridized carbons (Fsp3) is 0.107. The van der Waals surface area contributed by atoms with Gasteiger partial charge >= 0.3 is 0 Å². The average molecular weight is 482 g/mol. The third-order valence-corrected chi connectivity index (χ3v) is 6.18. The number of fused-ring (bicyclic) bond motifs is 1. The molecule has 0 atom stereocenters. The normalized spacial score (nSPS) is 12.0. The second-order valence-electron chi connectivity index (χ2n) is 7.74. The Labute approximate surface area is 206 Å². The number of aromatic nitrogens is 3. The number of benzene rings is 3. The van der Waals surface area contributed by atoms with Crippen LogP contribution in [-0.2, 0) is 6.61 Å². The van der Waals surface area contributed by atoms with Gasteiger partial charge in [-0.2, -0.15) is 9.50 Å². The largest absolute Gasteiger partial charge is 0.490 e. The molecule has 6 nitrogen and oxygen atoms in total. The molecule has 0 aliphatic heterocycles. The summed E-state index contributed by atoms with van der Waals surface area (Å²) in [4.78, 5) is 18.0. The van der Waals surface area contributed by atoms with Crippen LogP contribution in [0.5, 0.6) is 11.5 Å². The van der Waals surface area contributed by atoms with E-state index in [0.717, 1.165) is 16.7 Å². The van der Waals surface area contributed by atoms with Crippen LogP contribution in [0.1, 0.15) is 29.4 Å². The van der Waals surface area contributed by atoms with Crippen molar-refractivity contribution in [3.63, 3.8) is 0 Å². The van der Waals surface area contributed by atoms with Crippen LogP contribution in [-0.4, -0.2) is 21.2 Å². The Balaban J connectivity index is 1.39. The summed E-state index contributed by atoms with van der Waals surface area (Å²) in [6.07, 6.45) is 5.56. The lowest BCUT2D eigenvalue weighted by Crippen LogP contribution is -2.23. The minimum Gasteiger partial charge on any atom is -0.490 e. The molecule has 0 aliphatic rings. The van der Waals surface area contributed by atoms with E-state index < -0.39 is 0 Å². The number of rotatable bonds is 8. The van der Waals surface area contributed by atoms with E-state index in [9.17, 15) is 4.79 Å². The minimum absolute atomic E-state index is 0.195. The van der Waals surface area contributed by atoms with Crippen LogP contribution in [0.25, 0.3) is 23.2 Å². The zero-order valence-electron chi connectivity index (χ0n) is 19.1. The Morgan fingerprint density at radius 3 is 2.40 bits per heavy atom. The van der Waals surface area contributed by atoms with Gasteiger partial charge in [-0.3, -0.25) is 4.79 Å². The highest BCUT2D eigenvalue weighted by Gasteiger charge is 2.10. The molecule has 0 fully saturated rings. The molecule has 0 spiro atoms. The van der Waals surface area contributed by atoms with Crippen LogP contribution in [0.4, 0.5) is 0 Å². The van der Waals surface area contributed by atoms with E-state index in [1.54, 1.807) is 6.08 Å². The maximum Gasteiger partial charge on any atom is 0.291 e. The molecule has 5 aromatic rings. The molecular weight excluding hydrogens is 458 g/mol. The van der Waals surface area contributed by atoms with Gasteiger partial charge in [0.2, 0.25) is 4.96 Å². The van der Waals surface area contributed by atoms with Gasteiger partial charge in [-0.05, 0) is 47.9 Å². The van der Waals surface area contributed by atoms with Crippen LogP contribution >= 0.6 is 11.3 Å². The summed E-state index contributed by atoms with van der Waals surface area (Å²) in [5.74, 6) is 1.80. The highest BCUT2D eigenvalue weighted by molar-refractivity contribution is 7.15. The molecule has 7 heteroatoms. The van der Waals surface area contributed by atoms with Gasteiger partial charge in [0.1, 0.15) is 6.61 Å². The number of hydrogen-bond acceptors (Lipinski definition) is 6. The van der Waals surface area contributed by atoms with Crippen molar-refractivity contribution in [2.75, 3.05) is 6.61 Å². The van der Waals surface area contributed by atoms with Crippen LogP contribution in [0.3, 0.4) is 0 Å². The fourth-order valence-electron chi connectivity index (χ4n) is 3.54. The smallest absolute Gasteiger partial charge is 0.291 e. The topological polar surface area (TPSA) is 65.7 Å². The third-order valence-electron chi connectivity index (χ3n) is 5.23. The Morgan fingerprint density at radius 1 is 0.886 bits per heavy atom. The lowest BCUT2D eigenvalue weighted by atomic mass is 10.2. The van der Waals surface area contributed by atoms with Gasteiger partial charge in [0, 0.05) is 0 Å². The number of nitrogens with zero attached hydrogens (tertiary/aromatic N) is 3. The zero-order valence-corrected chi connectivity index (χ0v) is 19.9. The first-order valence-corrected chi connectivity index (χ1v) is 12.1. The molecule has 174 valence electrons. The van der Waals surface area contributed by atoms with Crippen molar-refractivity contribution in [2.45, 2.75) is 13.5 Å². The predicted octanol–water partition coefficient (Wildman–Crippen LogP) is 4.85. The number of thiazole rings is 1. The summed E-state index contributed by atoms with van der Waals surface area (Å²) in [5, 5.41) is 4.36. The van der Waals surface area contributed by atoms with Crippen molar-refractivity contribution in [1.82, 2.24) is 14.6 Å². The number of hydrogen-bond donors (Lipinski definition) is 0. The van der Waals surface area contributed by atoms with E-state index in [1.807, 2.05) is 97.9 Å². The summed E-state index contributed by atoms with van der Waals surface area (Å²) in [7, 11) is 0. The molecule has 0 N–H and O–H groups in total. The van der Waals surface area contributed by atoms with Crippen LogP contribution in [0.15, 0.2) is 83.7 Å². The van der Waals surface area contributed by atoms with Crippen LogP contribution in [0.2, 0.25) is 0 Å². The third kappa shape index (κ3) is 5.31. The lowest BCUT2D eigenvalue weighted by Gasteiger charge is -2.12. The molecule has 2 heterocycles. The molecule has 0 radical (unpaired) electrons. The molecule has 2 aromatic heterocycles. The van der Waals surface area contributed by atoms with Gasteiger partial charge in [0.25, 0.3) is 5.56 Å². The van der Waals surface area contributed by atoms with Gasteiger partial charge in [0.15, 0.2) is 17.3 Å². The molecule has 3 aromatic carbocycles. The second-order valence-corrected chi connectivity index (χ2v) is 8.75. The summed E-state index contributed by atoms with van der Waals surface area (Å²) < 4.78 is 13.7. The van der Waals surface area contributed by atoms with Gasteiger partial charge in [-0.15, -0.1) is 5.10 Å². The second kappa shape index (κ2) is 10.4. The standard InChI is InChI=1S/C28H23N3O3S/c1-2-33-24-17-22(13-15-23(24)34-19-21-11-7-4-8-12-21)18-25-27(32)31-28(35-25)29-26(30-31)16-14-20-9-5-3-6-10-20/h3-18H,2,19H2,1H3.